The van der Waals surface area contributed by atoms with E-state index in [2.05, 4.69) is 0 Å². The molecule has 0 bridgehead atoms. The Morgan fingerprint density at radius 1 is 1.30 bits per heavy atom. The fourth-order valence-electron chi connectivity index (χ4n) is 2.40. The molecule has 2 rings (SSSR count). The first kappa shape index (κ1) is 14.8. The Morgan fingerprint density at radius 2 is 1.95 bits per heavy atom. The van der Waals surface area contributed by atoms with Crippen molar-refractivity contribution in [3.8, 4) is 0 Å². The maximum Gasteiger partial charge on any atom is 0.224 e. The standard InChI is InChI=1S/C15H22FN3O/c1-2-12(17)11-15(20)19-9-7-18(8-10-19)14-6-4-3-5-13(14)16/h3-6,12H,2,7-11,17H2,1H3. The molecule has 2 N–H and O–H groups in total. The van der Waals surface area contributed by atoms with Crippen LogP contribution in [-0.4, -0.2) is 43.0 Å². The van der Waals surface area contributed by atoms with Crippen LogP contribution in [0.3, 0.4) is 0 Å². The van der Waals surface area contributed by atoms with Gasteiger partial charge in [-0.15, -0.1) is 0 Å². The van der Waals surface area contributed by atoms with Gasteiger partial charge in [-0.25, -0.2) is 4.39 Å². The third kappa shape index (κ3) is 3.48. The first-order valence-electron chi connectivity index (χ1n) is 7.14. The molecule has 1 atom stereocenters. The molecule has 110 valence electrons. The smallest absolute Gasteiger partial charge is 0.224 e. The molecule has 1 aliphatic heterocycles. The van der Waals surface area contributed by atoms with Gasteiger partial charge in [-0.1, -0.05) is 19.1 Å². The van der Waals surface area contributed by atoms with Crippen molar-refractivity contribution in [2.45, 2.75) is 25.8 Å². The molecule has 1 saturated heterocycles. The van der Waals surface area contributed by atoms with Crippen molar-refractivity contribution in [2.75, 3.05) is 31.1 Å². The van der Waals surface area contributed by atoms with Crippen LogP contribution in [0.2, 0.25) is 0 Å². The number of nitrogens with two attached hydrogens (primary N) is 1. The molecule has 20 heavy (non-hydrogen) atoms. The van der Waals surface area contributed by atoms with E-state index in [1.807, 2.05) is 22.8 Å². The number of anilines is 1. The summed E-state index contributed by atoms with van der Waals surface area (Å²) in [7, 11) is 0. The van der Waals surface area contributed by atoms with E-state index in [0.717, 1.165) is 6.42 Å². The van der Waals surface area contributed by atoms with Gasteiger partial charge in [-0.05, 0) is 18.6 Å². The number of nitrogens with zero attached hydrogens (tertiary/aromatic N) is 2. The molecule has 0 saturated carbocycles. The van der Waals surface area contributed by atoms with Crippen molar-refractivity contribution in [2.24, 2.45) is 5.73 Å². The third-order valence-corrected chi connectivity index (χ3v) is 3.79. The molecule has 1 aromatic carbocycles. The Balaban J connectivity index is 1.89. The summed E-state index contributed by atoms with van der Waals surface area (Å²) in [5.74, 6) is -0.104. The molecule has 0 aliphatic carbocycles. The molecule has 1 aromatic rings. The second-order valence-corrected chi connectivity index (χ2v) is 5.19. The number of carbonyl (C=O) groups is 1. The Morgan fingerprint density at radius 3 is 2.55 bits per heavy atom. The minimum atomic E-state index is -0.208. The minimum absolute atomic E-state index is 0.0629. The molecule has 5 heteroatoms. The van der Waals surface area contributed by atoms with Gasteiger partial charge in [0, 0.05) is 38.6 Å². The molecule has 0 spiro atoms. The highest BCUT2D eigenvalue weighted by Gasteiger charge is 2.23. The zero-order valence-corrected chi connectivity index (χ0v) is 11.9. The number of amides is 1. The average Bonchev–Trinajstić information content (AvgIpc) is 2.47. The SMILES string of the molecule is CCC(N)CC(=O)N1CCN(c2ccccc2F)CC1. The number of carbonyl (C=O) groups excluding carboxylic acids is 1. The summed E-state index contributed by atoms with van der Waals surface area (Å²) in [6.07, 6.45) is 1.21. The van der Waals surface area contributed by atoms with Crippen molar-refractivity contribution in [3.63, 3.8) is 0 Å². The predicted molar refractivity (Wildman–Crippen MR) is 78.1 cm³/mol. The van der Waals surface area contributed by atoms with Gasteiger partial charge in [0.25, 0.3) is 0 Å². The fraction of sp³-hybridized carbons (Fsp3) is 0.533. The first-order chi connectivity index (χ1) is 9.61. The number of rotatable bonds is 4. The van der Waals surface area contributed by atoms with E-state index >= 15 is 0 Å². The van der Waals surface area contributed by atoms with E-state index in [-0.39, 0.29) is 17.8 Å². The zero-order valence-electron chi connectivity index (χ0n) is 11.9. The summed E-state index contributed by atoms with van der Waals surface area (Å²) in [6.45, 7) is 4.56. The summed E-state index contributed by atoms with van der Waals surface area (Å²) in [5.41, 5.74) is 6.43. The van der Waals surface area contributed by atoms with E-state index in [1.54, 1.807) is 12.1 Å². The topological polar surface area (TPSA) is 49.6 Å². The van der Waals surface area contributed by atoms with Crippen LogP contribution in [0.25, 0.3) is 0 Å². The second-order valence-electron chi connectivity index (χ2n) is 5.19. The highest BCUT2D eigenvalue weighted by atomic mass is 19.1. The van der Waals surface area contributed by atoms with Gasteiger partial charge in [0.2, 0.25) is 5.91 Å². The molecule has 1 heterocycles. The quantitative estimate of drug-likeness (QED) is 0.911. The Bertz CT molecular complexity index is 458. The summed E-state index contributed by atoms with van der Waals surface area (Å²) in [6, 6.07) is 6.69. The largest absolute Gasteiger partial charge is 0.366 e. The van der Waals surface area contributed by atoms with Crippen LogP contribution in [0, 0.1) is 5.82 Å². The number of hydrogen-bond donors (Lipinski definition) is 1. The molecule has 1 amide bonds. The van der Waals surface area contributed by atoms with Crippen molar-refractivity contribution in [1.29, 1.82) is 0 Å². The Kier molecular flexibility index (Phi) is 4.95. The lowest BCUT2D eigenvalue weighted by molar-refractivity contribution is -0.131. The van der Waals surface area contributed by atoms with Gasteiger partial charge in [-0.2, -0.15) is 0 Å². The van der Waals surface area contributed by atoms with Gasteiger partial charge in [0.1, 0.15) is 5.82 Å². The summed E-state index contributed by atoms with van der Waals surface area (Å²) in [4.78, 5) is 15.8. The molecule has 0 aromatic heterocycles. The highest BCUT2D eigenvalue weighted by Crippen LogP contribution is 2.20. The fourth-order valence-corrected chi connectivity index (χ4v) is 2.40. The summed E-state index contributed by atoms with van der Waals surface area (Å²) >= 11 is 0. The van der Waals surface area contributed by atoms with E-state index in [0.29, 0.717) is 38.3 Å². The normalized spacial score (nSPS) is 17.1. The number of piperazine rings is 1. The maximum absolute atomic E-state index is 13.7. The number of benzene rings is 1. The van der Waals surface area contributed by atoms with Crippen molar-refractivity contribution in [1.82, 2.24) is 4.90 Å². The molecular weight excluding hydrogens is 257 g/mol. The third-order valence-electron chi connectivity index (χ3n) is 3.79. The summed E-state index contributed by atoms with van der Waals surface area (Å²) in [5, 5.41) is 0. The number of halogens is 1. The molecule has 1 unspecified atom stereocenters. The highest BCUT2D eigenvalue weighted by molar-refractivity contribution is 5.77. The van der Waals surface area contributed by atoms with Crippen molar-refractivity contribution < 1.29 is 9.18 Å². The predicted octanol–water partition coefficient (Wildman–Crippen LogP) is 1.60. The monoisotopic (exact) mass is 279 g/mol. The van der Waals surface area contributed by atoms with Crippen LogP contribution in [-0.2, 0) is 4.79 Å². The molecule has 1 fully saturated rings. The lowest BCUT2D eigenvalue weighted by atomic mass is 10.1. The van der Waals surface area contributed by atoms with Crippen LogP contribution < -0.4 is 10.6 Å². The second kappa shape index (κ2) is 6.70. The zero-order chi connectivity index (χ0) is 14.5. The van der Waals surface area contributed by atoms with Gasteiger partial charge >= 0.3 is 0 Å². The lowest BCUT2D eigenvalue weighted by Crippen LogP contribution is -2.49. The number of para-hydroxylation sites is 1. The van der Waals surface area contributed by atoms with Crippen LogP contribution in [0.4, 0.5) is 10.1 Å². The van der Waals surface area contributed by atoms with Gasteiger partial charge in [-0.3, -0.25) is 4.79 Å². The van der Waals surface area contributed by atoms with Crippen LogP contribution in [0.5, 0.6) is 0 Å². The number of hydrogen-bond acceptors (Lipinski definition) is 3. The Labute approximate surface area is 119 Å². The summed E-state index contributed by atoms with van der Waals surface area (Å²) < 4.78 is 13.7. The Hall–Kier alpha value is -1.62. The molecule has 4 nitrogen and oxygen atoms in total. The van der Waals surface area contributed by atoms with E-state index < -0.39 is 0 Å². The van der Waals surface area contributed by atoms with E-state index in [9.17, 15) is 9.18 Å². The van der Waals surface area contributed by atoms with Crippen LogP contribution in [0.1, 0.15) is 19.8 Å². The van der Waals surface area contributed by atoms with Crippen molar-refractivity contribution in [3.05, 3.63) is 30.1 Å². The first-order valence-corrected chi connectivity index (χ1v) is 7.14. The average molecular weight is 279 g/mol. The molecule has 0 radical (unpaired) electrons. The van der Waals surface area contributed by atoms with Gasteiger partial charge < -0.3 is 15.5 Å². The molecular formula is C15H22FN3O. The minimum Gasteiger partial charge on any atom is -0.366 e. The van der Waals surface area contributed by atoms with Crippen LogP contribution >= 0.6 is 0 Å². The van der Waals surface area contributed by atoms with Crippen LogP contribution in [0.15, 0.2) is 24.3 Å². The van der Waals surface area contributed by atoms with Crippen molar-refractivity contribution >= 4 is 11.6 Å². The maximum atomic E-state index is 13.7. The molecule has 1 aliphatic rings. The van der Waals surface area contributed by atoms with E-state index in [1.165, 1.54) is 6.07 Å². The lowest BCUT2D eigenvalue weighted by Gasteiger charge is -2.36. The van der Waals surface area contributed by atoms with Gasteiger partial charge in [0.05, 0.1) is 5.69 Å². The van der Waals surface area contributed by atoms with E-state index in [4.69, 9.17) is 5.73 Å². The van der Waals surface area contributed by atoms with Gasteiger partial charge in [0.15, 0.2) is 0 Å².